The van der Waals surface area contributed by atoms with Gasteiger partial charge in [-0.2, -0.15) is 0 Å². The quantitative estimate of drug-likeness (QED) is 0.878. The molecule has 0 unspecified atom stereocenters. The van der Waals surface area contributed by atoms with Gasteiger partial charge < -0.3 is 15.4 Å². The number of ether oxygens (including phenoxy) is 1. The Morgan fingerprint density at radius 2 is 1.96 bits per heavy atom. The average molecular weight is 333 g/mol. The van der Waals surface area contributed by atoms with Crippen molar-refractivity contribution in [3.05, 3.63) is 34.3 Å². The van der Waals surface area contributed by atoms with Crippen LogP contribution in [0.5, 0.6) is 5.75 Å². The van der Waals surface area contributed by atoms with Gasteiger partial charge in [0.1, 0.15) is 5.75 Å². The molecule has 0 atom stereocenters. The number of nitrogens with one attached hydrogen (secondary N) is 2. The van der Waals surface area contributed by atoms with Gasteiger partial charge in [-0.3, -0.25) is 9.59 Å². The van der Waals surface area contributed by atoms with Gasteiger partial charge in [0.25, 0.3) is 5.91 Å². The number of methoxy groups -OCH3 is 1. The van der Waals surface area contributed by atoms with E-state index in [1.54, 1.807) is 18.2 Å². The number of nitrogens with zero attached hydrogens (tertiary/aromatic N) is 1. The van der Waals surface area contributed by atoms with Gasteiger partial charge in [-0.15, -0.1) is 11.3 Å². The van der Waals surface area contributed by atoms with Crippen molar-refractivity contribution in [3.63, 3.8) is 0 Å². The highest BCUT2D eigenvalue weighted by molar-refractivity contribution is 7.11. The molecule has 6 nitrogen and oxygen atoms in total. The lowest BCUT2D eigenvalue weighted by Gasteiger charge is -2.12. The lowest BCUT2D eigenvalue weighted by atomic mass is 10.2. The first kappa shape index (κ1) is 17.0. The molecular weight excluding hydrogens is 314 g/mol. The van der Waals surface area contributed by atoms with Gasteiger partial charge in [-0.05, 0) is 18.1 Å². The molecule has 7 heteroatoms. The zero-order valence-corrected chi connectivity index (χ0v) is 14.3. The Morgan fingerprint density at radius 3 is 2.52 bits per heavy atom. The molecular formula is C16H19N3O3S. The molecule has 1 aromatic carbocycles. The molecule has 0 saturated heterocycles. The van der Waals surface area contributed by atoms with Crippen molar-refractivity contribution in [2.45, 2.75) is 26.7 Å². The highest BCUT2D eigenvalue weighted by Gasteiger charge is 2.15. The minimum absolute atomic E-state index is 0.220. The van der Waals surface area contributed by atoms with Crippen molar-refractivity contribution in [1.82, 2.24) is 4.98 Å². The van der Waals surface area contributed by atoms with Crippen LogP contribution in [0.4, 0.5) is 11.4 Å². The first-order chi connectivity index (χ1) is 10.9. The fourth-order valence-corrected chi connectivity index (χ4v) is 2.76. The highest BCUT2D eigenvalue weighted by atomic mass is 32.1. The normalized spacial score (nSPS) is 10.5. The van der Waals surface area contributed by atoms with Gasteiger partial charge in [0.15, 0.2) is 5.01 Å². The van der Waals surface area contributed by atoms with Crippen molar-refractivity contribution in [2.75, 3.05) is 17.7 Å². The molecule has 2 aromatic rings. The molecule has 0 radical (unpaired) electrons. The summed E-state index contributed by atoms with van der Waals surface area (Å²) in [6.07, 6.45) is 0. The molecule has 0 aliphatic heterocycles. The van der Waals surface area contributed by atoms with Crippen molar-refractivity contribution in [3.8, 4) is 5.75 Å². The number of anilines is 2. The van der Waals surface area contributed by atoms with Gasteiger partial charge in [0.2, 0.25) is 5.91 Å². The maximum Gasteiger partial charge on any atom is 0.284 e. The smallest absolute Gasteiger partial charge is 0.284 e. The third-order valence-corrected chi connectivity index (χ3v) is 3.95. The number of aromatic nitrogens is 1. The molecule has 0 bridgehead atoms. The van der Waals surface area contributed by atoms with Gasteiger partial charge in [-0.25, -0.2) is 4.98 Å². The lowest BCUT2D eigenvalue weighted by Crippen LogP contribution is -2.15. The fourth-order valence-electron chi connectivity index (χ4n) is 1.88. The molecule has 23 heavy (non-hydrogen) atoms. The van der Waals surface area contributed by atoms with Gasteiger partial charge in [-0.1, -0.05) is 13.8 Å². The standard InChI is InChI=1S/C16H19N3O3S/c1-9(2)14-8-23-16(19-14)15(21)18-13-7-11(22-4)5-6-12(13)17-10(3)20/h5-9H,1-4H3,(H,17,20)(H,18,21). The second kappa shape index (κ2) is 7.23. The minimum atomic E-state index is -0.318. The molecule has 2 rings (SSSR count). The Morgan fingerprint density at radius 1 is 1.22 bits per heavy atom. The van der Waals surface area contributed by atoms with E-state index >= 15 is 0 Å². The second-order valence-electron chi connectivity index (χ2n) is 5.28. The summed E-state index contributed by atoms with van der Waals surface area (Å²) in [5, 5.41) is 7.71. The molecule has 0 spiro atoms. The van der Waals surface area contributed by atoms with Crippen LogP contribution in [0, 0.1) is 0 Å². The van der Waals surface area contributed by atoms with Crippen molar-refractivity contribution >= 4 is 34.5 Å². The number of carbonyl (C=O) groups is 2. The Balaban J connectivity index is 2.25. The zero-order valence-electron chi connectivity index (χ0n) is 13.5. The number of thiazole rings is 1. The summed E-state index contributed by atoms with van der Waals surface area (Å²) < 4.78 is 5.16. The summed E-state index contributed by atoms with van der Waals surface area (Å²) in [4.78, 5) is 28.0. The highest BCUT2D eigenvalue weighted by Crippen LogP contribution is 2.28. The topological polar surface area (TPSA) is 80.3 Å². The molecule has 2 amide bonds. The fraction of sp³-hybridized carbons (Fsp3) is 0.312. The Kier molecular flexibility index (Phi) is 5.33. The third kappa shape index (κ3) is 4.29. The molecule has 0 aliphatic rings. The second-order valence-corrected chi connectivity index (χ2v) is 6.14. The van der Waals surface area contributed by atoms with E-state index in [0.717, 1.165) is 5.69 Å². The molecule has 2 N–H and O–H groups in total. The molecule has 1 aromatic heterocycles. The monoisotopic (exact) mass is 333 g/mol. The van der Waals surface area contributed by atoms with E-state index in [1.807, 2.05) is 19.2 Å². The number of carbonyl (C=O) groups excluding carboxylic acids is 2. The van der Waals surface area contributed by atoms with E-state index in [4.69, 9.17) is 4.74 Å². The maximum absolute atomic E-state index is 12.4. The summed E-state index contributed by atoms with van der Waals surface area (Å²) in [5.74, 6) is 0.305. The van der Waals surface area contributed by atoms with Crippen LogP contribution in [0.25, 0.3) is 0 Å². The Hall–Kier alpha value is -2.41. The van der Waals surface area contributed by atoms with Crippen LogP contribution < -0.4 is 15.4 Å². The number of hydrogen-bond acceptors (Lipinski definition) is 5. The van der Waals surface area contributed by atoms with E-state index in [9.17, 15) is 9.59 Å². The van der Waals surface area contributed by atoms with Gasteiger partial charge >= 0.3 is 0 Å². The van der Waals surface area contributed by atoms with Crippen molar-refractivity contribution < 1.29 is 14.3 Å². The molecule has 1 heterocycles. The van der Waals surface area contributed by atoms with E-state index in [-0.39, 0.29) is 17.7 Å². The van der Waals surface area contributed by atoms with Crippen LogP contribution in [0.1, 0.15) is 42.2 Å². The Labute approximate surface area is 138 Å². The predicted molar refractivity (Wildman–Crippen MR) is 91.5 cm³/mol. The van der Waals surface area contributed by atoms with Crippen LogP contribution in [0.3, 0.4) is 0 Å². The number of rotatable bonds is 5. The van der Waals surface area contributed by atoms with Crippen LogP contribution in [-0.2, 0) is 4.79 Å². The van der Waals surface area contributed by atoms with Crippen LogP contribution in [0.15, 0.2) is 23.6 Å². The number of benzene rings is 1. The summed E-state index contributed by atoms with van der Waals surface area (Å²) in [7, 11) is 1.54. The summed E-state index contributed by atoms with van der Waals surface area (Å²) in [6, 6.07) is 5.04. The predicted octanol–water partition coefficient (Wildman–Crippen LogP) is 3.49. The summed E-state index contributed by atoms with van der Waals surface area (Å²) >= 11 is 1.29. The summed E-state index contributed by atoms with van der Waals surface area (Å²) in [5.41, 5.74) is 1.85. The first-order valence-electron chi connectivity index (χ1n) is 7.13. The third-order valence-electron chi connectivity index (χ3n) is 3.09. The molecule has 0 fully saturated rings. The maximum atomic E-state index is 12.4. The van der Waals surface area contributed by atoms with Crippen molar-refractivity contribution in [1.29, 1.82) is 0 Å². The van der Waals surface area contributed by atoms with E-state index in [2.05, 4.69) is 15.6 Å². The van der Waals surface area contributed by atoms with E-state index in [1.165, 1.54) is 25.4 Å². The van der Waals surface area contributed by atoms with Gasteiger partial charge in [0.05, 0.1) is 24.2 Å². The van der Waals surface area contributed by atoms with Crippen LogP contribution >= 0.6 is 11.3 Å². The lowest BCUT2D eigenvalue weighted by molar-refractivity contribution is -0.114. The minimum Gasteiger partial charge on any atom is -0.497 e. The van der Waals surface area contributed by atoms with Crippen molar-refractivity contribution in [2.24, 2.45) is 0 Å². The first-order valence-corrected chi connectivity index (χ1v) is 8.01. The molecule has 0 aliphatic carbocycles. The van der Waals surface area contributed by atoms with E-state index < -0.39 is 0 Å². The summed E-state index contributed by atoms with van der Waals surface area (Å²) in [6.45, 7) is 5.45. The van der Waals surface area contributed by atoms with Crippen LogP contribution in [-0.4, -0.2) is 23.9 Å². The van der Waals surface area contributed by atoms with Gasteiger partial charge in [0, 0.05) is 18.4 Å². The number of amides is 2. The largest absolute Gasteiger partial charge is 0.497 e. The SMILES string of the molecule is COc1ccc(NC(C)=O)c(NC(=O)c2nc(C(C)C)cs2)c1. The van der Waals surface area contributed by atoms with Crippen LogP contribution in [0.2, 0.25) is 0 Å². The Bertz CT molecular complexity index is 725. The van der Waals surface area contributed by atoms with E-state index in [0.29, 0.717) is 22.1 Å². The average Bonchev–Trinajstić information content (AvgIpc) is 2.98. The molecule has 0 saturated carbocycles. The molecule has 122 valence electrons. The zero-order chi connectivity index (χ0) is 17.0. The number of hydrogen-bond donors (Lipinski definition) is 2.